The molecule has 0 aliphatic carbocycles. The predicted molar refractivity (Wildman–Crippen MR) is 143 cm³/mol. The lowest BCUT2D eigenvalue weighted by molar-refractivity contribution is 0.153. The molecule has 0 saturated carbocycles. The highest BCUT2D eigenvalue weighted by Gasteiger charge is 2.23. The first-order valence-electron chi connectivity index (χ1n) is 12.9. The molecule has 0 spiro atoms. The highest BCUT2D eigenvalue weighted by molar-refractivity contribution is 8.17. The van der Waals surface area contributed by atoms with Gasteiger partial charge in [-0.1, -0.05) is 35.8 Å². The third-order valence-corrected chi connectivity index (χ3v) is 10.2. The molecule has 3 nitrogen and oxygen atoms in total. The van der Waals surface area contributed by atoms with E-state index in [1.165, 1.54) is 86.4 Å². The minimum atomic E-state index is -0.278. The van der Waals surface area contributed by atoms with Crippen LogP contribution in [0.25, 0.3) is 11.0 Å². The third kappa shape index (κ3) is 6.19. The number of piperidine rings is 1. The number of hydrogen-bond donors (Lipinski definition) is 0. The van der Waals surface area contributed by atoms with Crippen LogP contribution in [-0.4, -0.2) is 39.2 Å². The molecule has 182 valence electrons. The van der Waals surface area contributed by atoms with Gasteiger partial charge in [0.1, 0.15) is 5.82 Å². The first-order chi connectivity index (χ1) is 16.8. The van der Waals surface area contributed by atoms with Crippen molar-refractivity contribution in [3.05, 3.63) is 65.1 Å². The number of hydrogen-bond acceptors (Lipinski definition) is 5. The van der Waals surface area contributed by atoms with Gasteiger partial charge < -0.3 is 4.52 Å². The Labute approximate surface area is 211 Å². The van der Waals surface area contributed by atoms with Crippen molar-refractivity contribution in [2.45, 2.75) is 68.4 Å². The van der Waals surface area contributed by atoms with Crippen LogP contribution in [0.5, 0.6) is 0 Å². The molecule has 2 aromatic carbocycles. The van der Waals surface area contributed by atoms with Crippen molar-refractivity contribution < 1.29 is 8.91 Å². The van der Waals surface area contributed by atoms with Gasteiger partial charge in [0.2, 0.25) is 0 Å². The summed E-state index contributed by atoms with van der Waals surface area (Å²) in [4.78, 5) is 2.68. The third-order valence-electron chi connectivity index (χ3n) is 7.16. The van der Waals surface area contributed by atoms with Crippen molar-refractivity contribution >= 4 is 34.5 Å². The van der Waals surface area contributed by atoms with Gasteiger partial charge in [0.15, 0.2) is 5.58 Å². The first kappa shape index (κ1) is 24.2. The molecular formula is C28H35FN2OS2. The minimum Gasteiger partial charge on any atom is -0.356 e. The average Bonchev–Trinajstić information content (AvgIpc) is 3.29. The van der Waals surface area contributed by atoms with Crippen molar-refractivity contribution in [3.8, 4) is 0 Å². The summed E-state index contributed by atoms with van der Waals surface area (Å²) < 4.78 is 19.6. The van der Waals surface area contributed by atoms with E-state index in [1.807, 2.05) is 0 Å². The minimum absolute atomic E-state index is 0.278. The van der Waals surface area contributed by atoms with Crippen LogP contribution in [0, 0.1) is 5.82 Å². The summed E-state index contributed by atoms with van der Waals surface area (Å²) in [5.41, 5.74) is 4.40. The van der Waals surface area contributed by atoms with E-state index in [9.17, 15) is 4.39 Å². The fraction of sp³-hybridized carbons (Fsp3) is 0.536. The number of aromatic nitrogens is 1. The lowest BCUT2D eigenvalue weighted by Gasteiger charge is -2.35. The van der Waals surface area contributed by atoms with E-state index in [1.54, 1.807) is 6.07 Å². The summed E-state index contributed by atoms with van der Waals surface area (Å²) in [6.07, 6.45) is 10.8. The van der Waals surface area contributed by atoms with Crippen molar-refractivity contribution in [3.63, 3.8) is 0 Å². The van der Waals surface area contributed by atoms with Crippen LogP contribution >= 0.6 is 23.5 Å². The van der Waals surface area contributed by atoms with Crippen LogP contribution in [-0.2, 0) is 12.8 Å². The largest absolute Gasteiger partial charge is 0.356 e. The number of likely N-dealkylation sites (tertiary alicyclic amines) is 1. The van der Waals surface area contributed by atoms with Gasteiger partial charge in [-0.2, -0.15) is 0 Å². The number of rotatable bonds is 9. The number of benzene rings is 2. The van der Waals surface area contributed by atoms with Gasteiger partial charge >= 0.3 is 0 Å². The predicted octanol–water partition coefficient (Wildman–Crippen LogP) is 7.65. The second-order valence-electron chi connectivity index (χ2n) is 9.58. The molecule has 2 saturated heterocycles. The number of nitrogens with zero attached hydrogens (tertiary/aromatic N) is 2. The molecule has 0 radical (unpaired) electrons. The van der Waals surface area contributed by atoms with Gasteiger partial charge in [-0.05, 0) is 99.2 Å². The van der Waals surface area contributed by atoms with Gasteiger partial charge in [0.05, 0.1) is 10.3 Å². The van der Waals surface area contributed by atoms with E-state index in [0.29, 0.717) is 11.6 Å². The lowest BCUT2D eigenvalue weighted by Crippen LogP contribution is -2.33. The molecule has 3 aromatic rings. The van der Waals surface area contributed by atoms with Gasteiger partial charge in [0.25, 0.3) is 0 Å². The van der Waals surface area contributed by atoms with Crippen LogP contribution in [0.4, 0.5) is 4.39 Å². The fourth-order valence-corrected chi connectivity index (χ4v) is 8.15. The lowest BCUT2D eigenvalue weighted by atomic mass is 9.95. The molecule has 0 amide bonds. The van der Waals surface area contributed by atoms with Crippen LogP contribution in [0.3, 0.4) is 0 Å². The number of fused-ring (bicyclic) bond motifs is 1. The van der Waals surface area contributed by atoms with Crippen LogP contribution in [0.15, 0.2) is 47.0 Å². The maximum absolute atomic E-state index is 13.5. The Hall–Kier alpha value is -1.50. The summed E-state index contributed by atoms with van der Waals surface area (Å²) in [5.74, 6) is 2.38. The van der Waals surface area contributed by atoms with E-state index >= 15 is 0 Å². The Kier molecular flexibility index (Phi) is 8.51. The van der Waals surface area contributed by atoms with Gasteiger partial charge in [-0.3, -0.25) is 4.90 Å². The molecule has 1 aromatic heterocycles. The van der Waals surface area contributed by atoms with Crippen molar-refractivity contribution in [1.29, 1.82) is 0 Å². The Morgan fingerprint density at radius 3 is 2.56 bits per heavy atom. The summed E-state index contributed by atoms with van der Waals surface area (Å²) in [7, 11) is 0. The molecular weight excluding hydrogens is 463 g/mol. The van der Waals surface area contributed by atoms with E-state index in [-0.39, 0.29) is 5.82 Å². The van der Waals surface area contributed by atoms with Crippen LogP contribution in [0.1, 0.15) is 67.8 Å². The van der Waals surface area contributed by atoms with E-state index in [2.05, 4.69) is 57.8 Å². The Balaban J connectivity index is 1.22. The second-order valence-corrected chi connectivity index (χ2v) is 12.5. The Morgan fingerprint density at radius 2 is 1.76 bits per heavy atom. The van der Waals surface area contributed by atoms with Gasteiger partial charge in [0, 0.05) is 17.5 Å². The van der Waals surface area contributed by atoms with Gasteiger partial charge in [-0.25, -0.2) is 4.39 Å². The summed E-state index contributed by atoms with van der Waals surface area (Å²) in [6.45, 7) is 2.38. The zero-order chi connectivity index (χ0) is 23.2. The maximum atomic E-state index is 13.5. The molecule has 2 aliphatic rings. The molecule has 1 unspecified atom stereocenters. The zero-order valence-corrected chi connectivity index (χ0v) is 21.5. The van der Waals surface area contributed by atoms with E-state index in [0.717, 1.165) is 34.9 Å². The normalized spacial score (nSPS) is 19.0. The van der Waals surface area contributed by atoms with Crippen molar-refractivity contribution in [2.75, 3.05) is 24.6 Å². The van der Waals surface area contributed by atoms with Gasteiger partial charge in [-0.15, -0.1) is 23.5 Å². The quantitative estimate of drug-likeness (QED) is 0.302. The van der Waals surface area contributed by atoms with E-state index < -0.39 is 0 Å². The summed E-state index contributed by atoms with van der Waals surface area (Å²) in [5, 5.41) is 5.17. The highest BCUT2D eigenvalue weighted by Crippen LogP contribution is 2.34. The highest BCUT2D eigenvalue weighted by atomic mass is 32.2. The summed E-state index contributed by atoms with van der Waals surface area (Å²) in [6, 6.07) is 14.7. The topological polar surface area (TPSA) is 29.3 Å². The molecule has 0 bridgehead atoms. The number of thioether (sulfide) groups is 2. The first-order valence-corrected chi connectivity index (χ1v) is 15.0. The molecule has 2 aliphatic heterocycles. The molecule has 34 heavy (non-hydrogen) atoms. The molecule has 0 N–H and O–H groups in total. The molecule has 6 heteroatoms. The number of halogens is 1. The molecule has 5 rings (SSSR count). The Morgan fingerprint density at radius 1 is 0.971 bits per heavy atom. The number of aryl methyl sites for hydroxylation is 2. The smallest absolute Gasteiger partial charge is 0.170 e. The second kappa shape index (κ2) is 12.0. The maximum Gasteiger partial charge on any atom is 0.170 e. The monoisotopic (exact) mass is 498 g/mol. The van der Waals surface area contributed by atoms with Crippen molar-refractivity contribution in [2.24, 2.45) is 0 Å². The summed E-state index contributed by atoms with van der Waals surface area (Å²) >= 11 is 4.29. The van der Waals surface area contributed by atoms with Crippen LogP contribution < -0.4 is 0 Å². The Bertz CT molecular complexity index is 1040. The molecule has 2 fully saturated rings. The van der Waals surface area contributed by atoms with Crippen LogP contribution in [0.2, 0.25) is 0 Å². The molecule has 3 heterocycles. The SMILES string of the molecule is Fc1ccc2c(CCCC(c3ccc(CCC4SCCCS4)cc3)N3CCCCC3)noc2c1. The standard InChI is InChI=1S/C28H35FN2OS2/c29-23-13-14-24-25(30-32-27(24)20-23)6-4-7-26(31-16-2-1-3-17-31)22-11-8-21(9-12-22)10-15-28-33-18-5-19-34-28/h8-9,11-14,20,26,28H,1-7,10,15-19H2. The molecule has 1 atom stereocenters. The fourth-order valence-electron chi connectivity index (χ4n) is 5.29. The average molecular weight is 499 g/mol. The van der Waals surface area contributed by atoms with Crippen molar-refractivity contribution in [1.82, 2.24) is 10.1 Å². The zero-order valence-electron chi connectivity index (χ0n) is 19.9. The van der Waals surface area contributed by atoms with E-state index in [4.69, 9.17) is 4.52 Å².